The monoisotopic (exact) mass is 296 g/mol. The normalized spacial score (nSPS) is 11.6. The molecule has 1 aromatic rings. The second-order valence-corrected chi connectivity index (χ2v) is 4.37. The first-order valence-electron chi connectivity index (χ1n) is 6.29. The number of amides is 1. The van der Waals surface area contributed by atoms with Gasteiger partial charge in [-0.25, -0.2) is 4.79 Å². The molecule has 114 valence electrons. The van der Waals surface area contributed by atoms with Crippen molar-refractivity contribution in [1.29, 1.82) is 0 Å². The van der Waals surface area contributed by atoms with E-state index in [0.717, 1.165) is 0 Å². The summed E-state index contributed by atoms with van der Waals surface area (Å²) in [7, 11) is 0. The number of pyridine rings is 1. The molecule has 21 heavy (non-hydrogen) atoms. The first-order valence-corrected chi connectivity index (χ1v) is 6.29. The summed E-state index contributed by atoms with van der Waals surface area (Å²) >= 11 is 0. The SMILES string of the molecule is O=C(O)CCC(NC(=O)CCn1ccccc1=O)C(=O)O. The largest absolute Gasteiger partial charge is 0.481 e. The third-order valence-corrected chi connectivity index (χ3v) is 2.76. The van der Waals surface area contributed by atoms with Gasteiger partial charge in [-0.2, -0.15) is 0 Å². The predicted molar refractivity (Wildman–Crippen MR) is 71.8 cm³/mol. The Bertz CT molecular complexity index is 580. The smallest absolute Gasteiger partial charge is 0.326 e. The zero-order chi connectivity index (χ0) is 15.8. The zero-order valence-electron chi connectivity index (χ0n) is 11.2. The van der Waals surface area contributed by atoms with Crippen molar-refractivity contribution in [1.82, 2.24) is 9.88 Å². The number of rotatable bonds is 8. The van der Waals surface area contributed by atoms with Gasteiger partial charge in [0.25, 0.3) is 5.56 Å². The van der Waals surface area contributed by atoms with Crippen LogP contribution in [0.15, 0.2) is 29.2 Å². The van der Waals surface area contributed by atoms with Gasteiger partial charge in [0.2, 0.25) is 5.91 Å². The van der Waals surface area contributed by atoms with Crippen molar-refractivity contribution in [3.8, 4) is 0 Å². The lowest BCUT2D eigenvalue weighted by atomic mass is 10.1. The number of carboxylic acid groups (broad SMARTS) is 2. The molecule has 1 rings (SSSR count). The lowest BCUT2D eigenvalue weighted by molar-refractivity contribution is -0.143. The number of aryl methyl sites for hydroxylation is 1. The van der Waals surface area contributed by atoms with Crippen LogP contribution in [0.25, 0.3) is 0 Å². The number of hydrogen-bond acceptors (Lipinski definition) is 4. The van der Waals surface area contributed by atoms with Crippen LogP contribution >= 0.6 is 0 Å². The molecule has 0 bridgehead atoms. The third-order valence-electron chi connectivity index (χ3n) is 2.76. The summed E-state index contributed by atoms with van der Waals surface area (Å²) in [5.41, 5.74) is -0.258. The molecule has 0 radical (unpaired) electrons. The molecule has 0 saturated carbocycles. The first-order chi connectivity index (χ1) is 9.90. The second kappa shape index (κ2) is 7.83. The van der Waals surface area contributed by atoms with Crippen LogP contribution in [0.2, 0.25) is 0 Å². The van der Waals surface area contributed by atoms with Gasteiger partial charge in [-0.1, -0.05) is 6.07 Å². The Morgan fingerprint density at radius 3 is 2.48 bits per heavy atom. The average Bonchev–Trinajstić information content (AvgIpc) is 2.42. The van der Waals surface area contributed by atoms with Crippen LogP contribution in [0.5, 0.6) is 0 Å². The standard InChI is InChI=1S/C13H16N2O6/c16-10(6-8-15-7-2-1-3-11(15)17)14-9(13(20)21)4-5-12(18)19/h1-3,7,9H,4-6,8H2,(H,14,16)(H,18,19)(H,20,21). The van der Waals surface area contributed by atoms with Crippen molar-refractivity contribution in [2.75, 3.05) is 0 Å². The Morgan fingerprint density at radius 2 is 1.90 bits per heavy atom. The van der Waals surface area contributed by atoms with Gasteiger partial charge < -0.3 is 20.1 Å². The highest BCUT2D eigenvalue weighted by atomic mass is 16.4. The van der Waals surface area contributed by atoms with Gasteiger partial charge >= 0.3 is 11.9 Å². The fourth-order valence-electron chi connectivity index (χ4n) is 1.66. The van der Waals surface area contributed by atoms with E-state index in [1.54, 1.807) is 12.1 Å². The highest BCUT2D eigenvalue weighted by Gasteiger charge is 2.20. The van der Waals surface area contributed by atoms with Crippen LogP contribution in [0.4, 0.5) is 0 Å². The van der Waals surface area contributed by atoms with Crippen LogP contribution in [0, 0.1) is 0 Å². The summed E-state index contributed by atoms with van der Waals surface area (Å²) < 4.78 is 1.33. The minimum Gasteiger partial charge on any atom is -0.481 e. The van der Waals surface area contributed by atoms with Gasteiger partial charge in [0.1, 0.15) is 6.04 Å². The van der Waals surface area contributed by atoms with E-state index < -0.39 is 23.9 Å². The molecule has 0 aliphatic rings. The summed E-state index contributed by atoms with van der Waals surface area (Å²) in [6.07, 6.45) is 0.909. The summed E-state index contributed by atoms with van der Waals surface area (Å²) in [5, 5.41) is 19.7. The number of carbonyl (C=O) groups excluding carboxylic acids is 1. The molecular formula is C13H16N2O6. The minimum absolute atomic E-state index is 0.0687. The van der Waals surface area contributed by atoms with Crippen LogP contribution in [-0.4, -0.2) is 38.7 Å². The van der Waals surface area contributed by atoms with Crippen molar-refractivity contribution in [2.45, 2.75) is 31.8 Å². The van der Waals surface area contributed by atoms with Crippen molar-refractivity contribution < 1.29 is 24.6 Å². The van der Waals surface area contributed by atoms with Gasteiger partial charge in [0.15, 0.2) is 0 Å². The molecule has 1 amide bonds. The minimum atomic E-state index is -1.29. The lowest BCUT2D eigenvalue weighted by Crippen LogP contribution is -2.41. The maximum absolute atomic E-state index is 11.6. The predicted octanol–water partition coefficient (Wildman–Crippen LogP) is -0.327. The van der Waals surface area contributed by atoms with E-state index in [-0.39, 0.29) is 31.4 Å². The van der Waals surface area contributed by atoms with E-state index in [1.807, 2.05) is 0 Å². The molecule has 0 aromatic carbocycles. The molecule has 0 aliphatic carbocycles. The molecule has 1 heterocycles. The summed E-state index contributed by atoms with van der Waals surface area (Å²) in [6, 6.07) is 3.32. The maximum Gasteiger partial charge on any atom is 0.326 e. The Balaban J connectivity index is 2.50. The molecule has 0 saturated heterocycles. The number of carbonyl (C=O) groups is 3. The van der Waals surface area contributed by atoms with E-state index in [1.165, 1.54) is 16.8 Å². The molecule has 0 aliphatic heterocycles. The number of aromatic nitrogens is 1. The Labute approximate surface area is 120 Å². The zero-order valence-corrected chi connectivity index (χ0v) is 11.2. The summed E-state index contributed by atoms with van der Waals surface area (Å²) in [5.74, 6) is -2.98. The molecule has 0 fully saturated rings. The average molecular weight is 296 g/mol. The Hall–Kier alpha value is -2.64. The third kappa shape index (κ3) is 5.89. The number of nitrogens with one attached hydrogen (secondary N) is 1. The van der Waals surface area contributed by atoms with E-state index in [0.29, 0.717) is 0 Å². The van der Waals surface area contributed by atoms with Gasteiger partial charge in [0.05, 0.1) is 0 Å². The summed E-state index contributed by atoms with van der Waals surface area (Å²) in [6.45, 7) is 0.122. The molecule has 1 unspecified atom stereocenters. The lowest BCUT2D eigenvalue weighted by Gasteiger charge is -2.13. The van der Waals surface area contributed by atoms with Gasteiger partial charge in [-0.3, -0.25) is 14.4 Å². The van der Waals surface area contributed by atoms with E-state index in [2.05, 4.69) is 5.32 Å². The van der Waals surface area contributed by atoms with E-state index >= 15 is 0 Å². The van der Waals surface area contributed by atoms with Crippen LogP contribution in [0.1, 0.15) is 19.3 Å². The molecule has 1 atom stereocenters. The van der Waals surface area contributed by atoms with E-state index in [9.17, 15) is 19.2 Å². The van der Waals surface area contributed by atoms with Crippen LogP contribution in [-0.2, 0) is 20.9 Å². The Morgan fingerprint density at radius 1 is 1.19 bits per heavy atom. The maximum atomic E-state index is 11.6. The van der Waals surface area contributed by atoms with Crippen molar-refractivity contribution >= 4 is 17.8 Å². The molecular weight excluding hydrogens is 280 g/mol. The highest BCUT2D eigenvalue weighted by Crippen LogP contribution is 1.99. The van der Waals surface area contributed by atoms with Crippen molar-refractivity contribution in [3.05, 3.63) is 34.7 Å². The van der Waals surface area contributed by atoms with Gasteiger partial charge in [-0.15, -0.1) is 0 Å². The molecule has 3 N–H and O–H groups in total. The molecule has 8 nitrogen and oxygen atoms in total. The fraction of sp³-hybridized carbons (Fsp3) is 0.385. The van der Waals surface area contributed by atoms with Crippen molar-refractivity contribution in [3.63, 3.8) is 0 Å². The van der Waals surface area contributed by atoms with Crippen molar-refractivity contribution in [2.24, 2.45) is 0 Å². The summed E-state index contributed by atoms with van der Waals surface area (Å²) in [4.78, 5) is 44.4. The number of carboxylic acids is 2. The molecule has 8 heteroatoms. The number of nitrogens with zero attached hydrogens (tertiary/aromatic N) is 1. The number of aliphatic carboxylic acids is 2. The first kappa shape index (κ1) is 16.4. The Kier molecular flexibility index (Phi) is 6.12. The quantitative estimate of drug-likeness (QED) is 0.603. The fourth-order valence-corrected chi connectivity index (χ4v) is 1.66. The second-order valence-electron chi connectivity index (χ2n) is 4.37. The van der Waals surface area contributed by atoms with Gasteiger partial charge in [-0.05, 0) is 12.5 Å². The number of hydrogen-bond donors (Lipinski definition) is 3. The molecule has 0 spiro atoms. The topological polar surface area (TPSA) is 126 Å². The van der Waals surface area contributed by atoms with Crippen LogP contribution < -0.4 is 10.9 Å². The molecule has 1 aromatic heterocycles. The van der Waals surface area contributed by atoms with Gasteiger partial charge in [0, 0.05) is 31.6 Å². The highest BCUT2D eigenvalue weighted by molar-refractivity contribution is 5.83. The van der Waals surface area contributed by atoms with Crippen LogP contribution in [0.3, 0.4) is 0 Å². The van der Waals surface area contributed by atoms with E-state index in [4.69, 9.17) is 10.2 Å².